The minimum absolute atomic E-state index is 0.137. The van der Waals surface area contributed by atoms with E-state index in [1.807, 2.05) is 25.1 Å². The first-order valence-electron chi connectivity index (χ1n) is 6.08. The predicted molar refractivity (Wildman–Crippen MR) is 75.9 cm³/mol. The average molecular weight is 265 g/mol. The fourth-order valence-electron chi connectivity index (χ4n) is 2.37. The van der Waals surface area contributed by atoms with E-state index in [-0.39, 0.29) is 12.1 Å². The second-order valence-corrected chi connectivity index (χ2v) is 6.12. The number of ether oxygens (including phenoxy) is 1. The van der Waals surface area contributed by atoms with Gasteiger partial charge in [0.25, 0.3) is 0 Å². The Balaban J connectivity index is 2.43. The number of benzene rings is 1. The SMILES string of the molecule is CC1=NC(C)(C)C(SCCO)(c2ccccc2)O1. The predicted octanol–water partition coefficient (Wildman–Crippen LogP) is 2.79. The summed E-state index contributed by atoms with van der Waals surface area (Å²) in [6.07, 6.45) is 0. The van der Waals surface area contributed by atoms with Crippen LogP contribution in [0.15, 0.2) is 35.3 Å². The van der Waals surface area contributed by atoms with Crippen molar-refractivity contribution in [3.8, 4) is 0 Å². The van der Waals surface area contributed by atoms with Crippen molar-refractivity contribution in [1.29, 1.82) is 0 Å². The first-order chi connectivity index (χ1) is 8.52. The summed E-state index contributed by atoms with van der Waals surface area (Å²) in [7, 11) is 0. The monoisotopic (exact) mass is 265 g/mol. The number of hydrogen-bond donors (Lipinski definition) is 1. The Kier molecular flexibility index (Phi) is 3.69. The van der Waals surface area contributed by atoms with Crippen LogP contribution in [0.25, 0.3) is 0 Å². The standard InChI is InChI=1S/C14H19NO2S/c1-11-15-13(2,3)14(17-11,18-10-9-16)12-7-5-4-6-8-12/h4-8,16H,9-10H2,1-3H3. The molecule has 2 rings (SSSR count). The second-order valence-electron chi connectivity index (χ2n) is 4.85. The maximum Gasteiger partial charge on any atom is 0.206 e. The van der Waals surface area contributed by atoms with E-state index < -0.39 is 4.93 Å². The largest absolute Gasteiger partial charge is 0.457 e. The maximum absolute atomic E-state index is 9.11. The molecule has 1 unspecified atom stereocenters. The van der Waals surface area contributed by atoms with Crippen LogP contribution in [0.3, 0.4) is 0 Å². The summed E-state index contributed by atoms with van der Waals surface area (Å²) in [5.41, 5.74) is 0.743. The van der Waals surface area contributed by atoms with E-state index >= 15 is 0 Å². The molecule has 0 saturated carbocycles. The summed E-state index contributed by atoms with van der Waals surface area (Å²) in [5.74, 6) is 1.33. The summed E-state index contributed by atoms with van der Waals surface area (Å²) < 4.78 is 6.05. The third-order valence-electron chi connectivity index (χ3n) is 3.08. The number of aliphatic imine (C=N–C) groups is 1. The molecule has 1 atom stereocenters. The highest BCUT2D eigenvalue weighted by Crippen LogP contribution is 2.51. The summed E-state index contributed by atoms with van der Waals surface area (Å²) in [4.78, 5) is 4.06. The molecular formula is C14H19NO2S. The first-order valence-corrected chi connectivity index (χ1v) is 7.06. The molecular weight excluding hydrogens is 246 g/mol. The summed E-state index contributed by atoms with van der Waals surface area (Å²) in [5, 5.41) is 9.11. The topological polar surface area (TPSA) is 41.8 Å². The number of thioether (sulfide) groups is 1. The van der Waals surface area contributed by atoms with Gasteiger partial charge in [-0.05, 0) is 13.8 Å². The molecule has 1 N–H and O–H groups in total. The first kappa shape index (κ1) is 13.4. The lowest BCUT2D eigenvalue weighted by Gasteiger charge is -2.38. The van der Waals surface area contributed by atoms with Crippen molar-refractivity contribution >= 4 is 17.7 Å². The third kappa shape index (κ3) is 2.15. The summed E-state index contributed by atoms with van der Waals surface area (Å²) >= 11 is 1.61. The Labute approximate surface area is 112 Å². The summed E-state index contributed by atoms with van der Waals surface area (Å²) in [6.45, 7) is 6.16. The minimum atomic E-state index is -0.541. The van der Waals surface area contributed by atoms with Crippen LogP contribution in [-0.4, -0.2) is 28.9 Å². The number of aliphatic hydroxyl groups is 1. The highest BCUT2D eigenvalue weighted by Gasteiger charge is 2.53. The molecule has 0 saturated heterocycles. The molecule has 1 aromatic rings. The van der Waals surface area contributed by atoms with Gasteiger partial charge in [-0.2, -0.15) is 0 Å². The number of hydrogen-bond acceptors (Lipinski definition) is 4. The fraction of sp³-hybridized carbons (Fsp3) is 0.500. The zero-order valence-corrected chi connectivity index (χ0v) is 11.8. The molecule has 1 aliphatic heterocycles. The van der Waals surface area contributed by atoms with Crippen molar-refractivity contribution in [3.63, 3.8) is 0 Å². The Morgan fingerprint density at radius 2 is 1.94 bits per heavy atom. The van der Waals surface area contributed by atoms with Crippen LogP contribution in [0.4, 0.5) is 0 Å². The van der Waals surface area contributed by atoms with E-state index in [4.69, 9.17) is 9.84 Å². The van der Waals surface area contributed by atoms with Gasteiger partial charge in [-0.15, -0.1) is 11.8 Å². The quantitative estimate of drug-likeness (QED) is 0.910. The van der Waals surface area contributed by atoms with Crippen molar-refractivity contribution in [2.75, 3.05) is 12.4 Å². The van der Waals surface area contributed by atoms with Crippen LogP contribution in [0, 0.1) is 0 Å². The molecule has 0 fully saturated rings. The van der Waals surface area contributed by atoms with Gasteiger partial charge in [-0.3, -0.25) is 0 Å². The lowest BCUT2D eigenvalue weighted by molar-refractivity contribution is 0.116. The van der Waals surface area contributed by atoms with Gasteiger partial charge in [-0.1, -0.05) is 30.3 Å². The van der Waals surface area contributed by atoms with Crippen LogP contribution < -0.4 is 0 Å². The van der Waals surface area contributed by atoms with Crippen LogP contribution in [0.1, 0.15) is 26.3 Å². The maximum atomic E-state index is 9.11. The van der Waals surface area contributed by atoms with E-state index in [2.05, 4.69) is 31.0 Å². The molecule has 1 heterocycles. The van der Waals surface area contributed by atoms with Crippen LogP contribution in [0.5, 0.6) is 0 Å². The molecule has 1 aromatic carbocycles. The van der Waals surface area contributed by atoms with E-state index in [0.29, 0.717) is 11.7 Å². The fourth-order valence-corrected chi connectivity index (χ4v) is 3.63. The minimum Gasteiger partial charge on any atom is -0.457 e. The van der Waals surface area contributed by atoms with Crippen molar-refractivity contribution in [1.82, 2.24) is 0 Å². The molecule has 3 nitrogen and oxygen atoms in total. The van der Waals surface area contributed by atoms with Crippen molar-refractivity contribution < 1.29 is 9.84 Å². The lowest BCUT2D eigenvalue weighted by atomic mass is 9.91. The molecule has 4 heteroatoms. The van der Waals surface area contributed by atoms with Gasteiger partial charge in [0.1, 0.15) is 5.54 Å². The van der Waals surface area contributed by atoms with Gasteiger partial charge in [0.05, 0.1) is 6.61 Å². The Hall–Kier alpha value is -1.00. The Morgan fingerprint density at radius 3 is 2.44 bits per heavy atom. The van der Waals surface area contributed by atoms with Gasteiger partial charge in [0, 0.05) is 18.2 Å². The van der Waals surface area contributed by atoms with Gasteiger partial charge in [-0.25, -0.2) is 4.99 Å². The van der Waals surface area contributed by atoms with Crippen molar-refractivity contribution in [3.05, 3.63) is 35.9 Å². The Bertz CT molecular complexity index is 444. The number of rotatable bonds is 4. The average Bonchev–Trinajstić information content (AvgIpc) is 2.58. The van der Waals surface area contributed by atoms with Gasteiger partial charge >= 0.3 is 0 Å². The molecule has 0 amide bonds. The number of nitrogens with zero attached hydrogens (tertiary/aromatic N) is 1. The summed E-state index contributed by atoms with van der Waals surface area (Å²) in [6, 6.07) is 10.1. The van der Waals surface area contributed by atoms with Crippen molar-refractivity contribution in [2.45, 2.75) is 31.2 Å². The molecule has 1 aliphatic rings. The van der Waals surface area contributed by atoms with Crippen LogP contribution >= 0.6 is 11.8 Å². The molecule has 0 aliphatic carbocycles. The van der Waals surface area contributed by atoms with Gasteiger partial charge in [0.2, 0.25) is 4.93 Å². The molecule has 0 spiro atoms. The van der Waals surface area contributed by atoms with E-state index in [1.165, 1.54) is 0 Å². The molecule has 0 bridgehead atoms. The normalized spacial score (nSPS) is 25.7. The number of aliphatic hydroxyl groups excluding tert-OH is 1. The molecule has 18 heavy (non-hydrogen) atoms. The second kappa shape index (κ2) is 4.94. The van der Waals surface area contributed by atoms with Gasteiger partial charge < -0.3 is 9.84 Å². The van der Waals surface area contributed by atoms with E-state index in [0.717, 1.165) is 5.56 Å². The highest BCUT2D eigenvalue weighted by atomic mass is 32.2. The molecule has 0 aromatic heterocycles. The van der Waals surface area contributed by atoms with E-state index in [9.17, 15) is 0 Å². The zero-order valence-electron chi connectivity index (χ0n) is 11.0. The molecule has 0 radical (unpaired) electrons. The smallest absolute Gasteiger partial charge is 0.206 e. The Morgan fingerprint density at radius 1 is 1.28 bits per heavy atom. The molecule has 98 valence electrons. The van der Waals surface area contributed by atoms with Crippen LogP contribution in [-0.2, 0) is 9.67 Å². The van der Waals surface area contributed by atoms with Crippen molar-refractivity contribution in [2.24, 2.45) is 4.99 Å². The van der Waals surface area contributed by atoms with Gasteiger partial charge in [0.15, 0.2) is 5.90 Å². The third-order valence-corrected chi connectivity index (χ3v) is 4.70. The highest BCUT2D eigenvalue weighted by molar-refractivity contribution is 8.00. The van der Waals surface area contributed by atoms with E-state index in [1.54, 1.807) is 11.8 Å². The zero-order chi connectivity index (χ0) is 13.2. The van der Waals surface area contributed by atoms with Crippen LogP contribution in [0.2, 0.25) is 0 Å². The lowest BCUT2D eigenvalue weighted by Crippen LogP contribution is -2.42.